The Morgan fingerprint density at radius 3 is 2.80 bits per heavy atom. The second kappa shape index (κ2) is 7.60. The van der Waals surface area contributed by atoms with Crippen LogP contribution in [0.2, 0.25) is 0 Å². The molecule has 0 bridgehead atoms. The molecule has 8 nitrogen and oxygen atoms in total. The minimum Gasteiger partial charge on any atom is -0.497 e. The van der Waals surface area contributed by atoms with Crippen LogP contribution in [0.25, 0.3) is 27.8 Å². The van der Waals surface area contributed by atoms with E-state index in [0.717, 1.165) is 39.3 Å². The molecule has 0 saturated heterocycles. The lowest BCUT2D eigenvalue weighted by Gasteiger charge is -2.09. The van der Waals surface area contributed by atoms with Crippen molar-refractivity contribution in [2.45, 2.75) is 6.61 Å². The molecule has 0 amide bonds. The van der Waals surface area contributed by atoms with E-state index in [1.165, 1.54) is 11.3 Å². The largest absolute Gasteiger partial charge is 0.497 e. The van der Waals surface area contributed by atoms with Gasteiger partial charge in [-0.2, -0.15) is 0 Å². The average Bonchev–Trinajstić information content (AvgIpc) is 3.43. The fourth-order valence-corrected chi connectivity index (χ4v) is 3.82. The molecule has 0 fully saturated rings. The minimum atomic E-state index is 0.260. The molecule has 0 aliphatic carbocycles. The third-order valence-electron chi connectivity index (χ3n) is 4.69. The molecule has 0 aliphatic heterocycles. The summed E-state index contributed by atoms with van der Waals surface area (Å²) in [7, 11) is 3.24. The van der Waals surface area contributed by atoms with Gasteiger partial charge in [-0.05, 0) is 30.3 Å². The summed E-state index contributed by atoms with van der Waals surface area (Å²) < 4.78 is 18.4. The fraction of sp³-hybridized carbons (Fsp3) is 0.143. The molecule has 0 saturated carbocycles. The van der Waals surface area contributed by atoms with Gasteiger partial charge in [0.05, 0.1) is 25.4 Å². The summed E-state index contributed by atoms with van der Waals surface area (Å²) in [5.41, 5.74) is 3.33. The average molecular weight is 419 g/mol. The fourth-order valence-electron chi connectivity index (χ4n) is 3.17. The zero-order valence-electron chi connectivity index (χ0n) is 16.3. The van der Waals surface area contributed by atoms with Crippen LogP contribution in [0.1, 0.15) is 5.82 Å². The number of fused-ring (bicyclic) bond motifs is 2. The van der Waals surface area contributed by atoms with Crippen LogP contribution in [0.3, 0.4) is 0 Å². The number of hydrogen-bond donors (Lipinski definition) is 0. The van der Waals surface area contributed by atoms with Crippen molar-refractivity contribution in [3.8, 4) is 28.0 Å². The number of methoxy groups -OCH3 is 2. The zero-order chi connectivity index (χ0) is 20.5. The molecule has 5 rings (SSSR count). The second-order valence-electron chi connectivity index (χ2n) is 6.45. The van der Waals surface area contributed by atoms with E-state index >= 15 is 0 Å². The van der Waals surface area contributed by atoms with Crippen LogP contribution in [0.5, 0.6) is 16.7 Å². The molecule has 0 aliphatic rings. The first-order chi connectivity index (χ1) is 14.7. The lowest BCUT2D eigenvalue weighted by atomic mass is 10.2. The number of hydrogen-bond acceptors (Lipinski definition) is 8. The summed E-state index contributed by atoms with van der Waals surface area (Å²) in [5.74, 6) is 2.16. The summed E-state index contributed by atoms with van der Waals surface area (Å²) in [5, 5.41) is 12.0. The van der Waals surface area contributed by atoms with Gasteiger partial charge >= 0.3 is 0 Å². The Kier molecular flexibility index (Phi) is 4.64. The van der Waals surface area contributed by atoms with Gasteiger partial charge in [-0.15, -0.1) is 10.2 Å². The van der Waals surface area contributed by atoms with Crippen LogP contribution in [-0.2, 0) is 6.61 Å². The Morgan fingerprint density at radius 1 is 1.03 bits per heavy atom. The maximum Gasteiger partial charge on any atom is 0.273 e. The first-order valence-corrected chi connectivity index (χ1v) is 10.0. The van der Waals surface area contributed by atoms with Crippen LogP contribution in [-0.4, -0.2) is 38.8 Å². The highest BCUT2D eigenvalue weighted by molar-refractivity contribution is 7.11. The first-order valence-electron chi connectivity index (χ1n) is 9.14. The number of benzene rings is 1. The van der Waals surface area contributed by atoms with Gasteiger partial charge in [-0.1, -0.05) is 11.3 Å². The maximum atomic E-state index is 6.07. The molecular weight excluding hydrogens is 402 g/mol. The molecular formula is C21H17N5O3S. The number of aromatic nitrogens is 5. The summed E-state index contributed by atoms with van der Waals surface area (Å²) >= 11 is 1.45. The SMILES string of the molecule is COc1ccc2c(OCc3nnc4ccc(-c5csc(OC)n5)cn34)ccnc2c1. The number of nitrogens with zero attached hydrogens (tertiary/aromatic N) is 5. The number of rotatable bonds is 6. The predicted molar refractivity (Wildman–Crippen MR) is 113 cm³/mol. The van der Waals surface area contributed by atoms with Crippen molar-refractivity contribution in [2.24, 2.45) is 0 Å². The van der Waals surface area contributed by atoms with Crippen molar-refractivity contribution >= 4 is 27.9 Å². The van der Waals surface area contributed by atoms with Gasteiger partial charge in [-0.3, -0.25) is 9.38 Å². The highest BCUT2D eigenvalue weighted by atomic mass is 32.1. The van der Waals surface area contributed by atoms with Crippen molar-refractivity contribution in [2.75, 3.05) is 14.2 Å². The van der Waals surface area contributed by atoms with Gasteiger partial charge in [-0.25, -0.2) is 4.98 Å². The molecule has 4 aromatic heterocycles. The number of thiazole rings is 1. The van der Waals surface area contributed by atoms with E-state index in [1.54, 1.807) is 20.4 Å². The number of pyridine rings is 2. The molecule has 0 unspecified atom stereocenters. The molecule has 0 N–H and O–H groups in total. The molecule has 5 aromatic rings. The molecule has 9 heteroatoms. The highest BCUT2D eigenvalue weighted by Crippen LogP contribution is 2.29. The van der Waals surface area contributed by atoms with Crippen molar-refractivity contribution in [3.63, 3.8) is 0 Å². The van der Waals surface area contributed by atoms with E-state index in [-0.39, 0.29) is 6.61 Å². The summed E-state index contributed by atoms with van der Waals surface area (Å²) in [6.07, 6.45) is 3.67. The normalized spacial score (nSPS) is 11.1. The van der Waals surface area contributed by atoms with E-state index in [9.17, 15) is 0 Å². The molecule has 0 spiro atoms. The quantitative estimate of drug-likeness (QED) is 0.411. The predicted octanol–water partition coefficient (Wildman–Crippen LogP) is 4.00. The second-order valence-corrected chi connectivity index (χ2v) is 7.27. The Morgan fingerprint density at radius 2 is 1.97 bits per heavy atom. The summed E-state index contributed by atoms with van der Waals surface area (Å²) in [4.78, 5) is 8.85. The molecule has 0 atom stereocenters. The maximum absolute atomic E-state index is 6.07. The van der Waals surface area contributed by atoms with Crippen LogP contribution in [0, 0.1) is 0 Å². The van der Waals surface area contributed by atoms with E-state index < -0.39 is 0 Å². The van der Waals surface area contributed by atoms with E-state index in [4.69, 9.17) is 14.2 Å². The lowest BCUT2D eigenvalue weighted by molar-refractivity contribution is 0.298. The summed E-state index contributed by atoms with van der Waals surface area (Å²) in [6, 6.07) is 11.4. The minimum absolute atomic E-state index is 0.260. The highest BCUT2D eigenvalue weighted by Gasteiger charge is 2.11. The van der Waals surface area contributed by atoms with Gasteiger partial charge in [0.2, 0.25) is 0 Å². The number of ether oxygens (including phenoxy) is 3. The molecule has 0 radical (unpaired) electrons. The van der Waals surface area contributed by atoms with Crippen LogP contribution in [0.4, 0.5) is 0 Å². The third-order valence-corrected chi connectivity index (χ3v) is 5.49. The van der Waals surface area contributed by atoms with Gasteiger partial charge in [0, 0.05) is 34.8 Å². The monoisotopic (exact) mass is 419 g/mol. The Labute approximate surface area is 175 Å². The lowest BCUT2D eigenvalue weighted by Crippen LogP contribution is -2.02. The standard InChI is InChI=1S/C21H17N5O3S/c1-27-14-4-5-15-16(9-14)22-8-7-18(15)29-11-20-25-24-19-6-3-13(10-26(19)20)17-12-30-21(23-17)28-2/h3-10,12H,11H2,1-2H3. The van der Waals surface area contributed by atoms with Crippen molar-refractivity contribution in [1.29, 1.82) is 0 Å². The van der Waals surface area contributed by atoms with Gasteiger partial charge in [0.15, 0.2) is 11.5 Å². The van der Waals surface area contributed by atoms with Gasteiger partial charge < -0.3 is 14.2 Å². The topological polar surface area (TPSA) is 83.7 Å². The van der Waals surface area contributed by atoms with Crippen LogP contribution >= 0.6 is 11.3 Å². The van der Waals surface area contributed by atoms with Gasteiger partial charge in [0.1, 0.15) is 18.1 Å². The Hall–Kier alpha value is -3.72. The summed E-state index contributed by atoms with van der Waals surface area (Å²) in [6.45, 7) is 0.260. The van der Waals surface area contributed by atoms with Crippen molar-refractivity contribution < 1.29 is 14.2 Å². The van der Waals surface area contributed by atoms with E-state index in [1.807, 2.05) is 52.4 Å². The molecule has 150 valence electrons. The zero-order valence-corrected chi connectivity index (χ0v) is 17.1. The molecule has 1 aromatic carbocycles. The molecule has 30 heavy (non-hydrogen) atoms. The smallest absolute Gasteiger partial charge is 0.273 e. The van der Waals surface area contributed by atoms with Crippen LogP contribution in [0.15, 0.2) is 54.2 Å². The van der Waals surface area contributed by atoms with E-state index in [0.29, 0.717) is 11.0 Å². The van der Waals surface area contributed by atoms with Crippen molar-refractivity contribution in [1.82, 2.24) is 24.6 Å². The van der Waals surface area contributed by atoms with Crippen LogP contribution < -0.4 is 14.2 Å². The Balaban J connectivity index is 1.44. The van der Waals surface area contributed by atoms with Crippen molar-refractivity contribution in [3.05, 3.63) is 60.0 Å². The molecule has 4 heterocycles. The Bertz CT molecular complexity index is 1350. The van der Waals surface area contributed by atoms with Gasteiger partial charge in [0.25, 0.3) is 5.19 Å². The third kappa shape index (κ3) is 3.29. The first kappa shape index (κ1) is 18.3. The van der Waals surface area contributed by atoms with E-state index in [2.05, 4.69) is 20.2 Å².